The molecule has 0 saturated carbocycles. The summed E-state index contributed by atoms with van der Waals surface area (Å²) in [5.41, 5.74) is 5.09. The Kier molecular flexibility index (Phi) is 3.91. The molecule has 1 saturated heterocycles. The highest BCUT2D eigenvalue weighted by atomic mass is 16.6. The van der Waals surface area contributed by atoms with Crippen LogP contribution in [-0.2, 0) is 9.53 Å². The normalized spacial score (nSPS) is 22.1. The largest absolute Gasteiger partial charge is 0.367 e. The third kappa shape index (κ3) is 3.38. The van der Waals surface area contributed by atoms with Crippen LogP contribution in [0.2, 0.25) is 0 Å². The number of primary amides is 1. The van der Waals surface area contributed by atoms with Crippen molar-refractivity contribution in [1.82, 2.24) is 4.98 Å². The Labute approximate surface area is 109 Å². The highest BCUT2D eigenvalue weighted by Crippen LogP contribution is 2.20. The van der Waals surface area contributed by atoms with E-state index in [4.69, 9.17) is 10.5 Å². The van der Waals surface area contributed by atoms with E-state index >= 15 is 0 Å². The zero-order valence-corrected chi connectivity index (χ0v) is 10.1. The van der Waals surface area contributed by atoms with Gasteiger partial charge in [-0.3, -0.25) is 14.9 Å². The van der Waals surface area contributed by atoms with Crippen LogP contribution < -0.4 is 11.1 Å². The van der Waals surface area contributed by atoms with Gasteiger partial charge in [0.05, 0.1) is 11.0 Å². The summed E-state index contributed by atoms with van der Waals surface area (Å²) in [5.74, 6) is 0.0766. The van der Waals surface area contributed by atoms with E-state index in [1.54, 1.807) is 0 Å². The SMILES string of the molecule is NC(=O)C1CCC(CNc2ccc([N+](=O)[O-])cn2)O1. The Balaban J connectivity index is 1.83. The average molecular weight is 266 g/mol. The Morgan fingerprint density at radius 2 is 2.37 bits per heavy atom. The third-order valence-corrected chi connectivity index (χ3v) is 2.89. The predicted molar refractivity (Wildman–Crippen MR) is 66.5 cm³/mol. The van der Waals surface area contributed by atoms with Crippen molar-refractivity contribution in [2.45, 2.75) is 25.0 Å². The number of nitro groups is 1. The molecule has 0 aromatic carbocycles. The molecule has 1 aliphatic rings. The van der Waals surface area contributed by atoms with Gasteiger partial charge in [0.25, 0.3) is 5.69 Å². The molecule has 0 bridgehead atoms. The van der Waals surface area contributed by atoms with E-state index in [2.05, 4.69) is 10.3 Å². The number of amides is 1. The summed E-state index contributed by atoms with van der Waals surface area (Å²) in [7, 11) is 0. The standard InChI is InChI=1S/C11H14N4O4/c12-11(16)9-3-2-8(19-9)6-14-10-4-1-7(5-13-10)15(17)18/h1,4-5,8-9H,2-3,6H2,(H2,12,16)(H,13,14). The molecule has 102 valence electrons. The number of rotatable bonds is 5. The Bertz CT molecular complexity index is 476. The molecule has 2 rings (SSSR count). The van der Waals surface area contributed by atoms with Gasteiger partial charge in [-0.15, -0.1) is 0 Å². The minimum atomic E-state index is -0.517. The van der Waals surface area contributed by atoms with Crippen molar-refractivity contribution in [1.29, 1.82) is 0 Å². The molecule has 0 aliphatic carbocycles. The predicted octanol–water partition coefficient (Wildman–Crippen LogP) is 0.435. The molecular weight excluding hydrogens is 252 g/mol. The van der Waals surface area contributed by atoms with E-state index in [0.717, 1.165) is 6.42 Å². The van der Waals surface area contributed by atoms with Crippen LogP contribution in [-0.4, -0.2) is 34.6 Å². The molecule has 8 heteroatoms. The maximum Gasteiger partial charge on any atom is 0.287 e. The van der Waals surface area contributed by atoms with Crippen molar-refractivity contribution in [3.8, 4) is 0 Å². The zero-order valence-electron chi connectivity index (χ0n) is 10.1. The Hall–Kier alpha value is -2.22. The topological polar surface area (TPSA) is 120 Å². The summed E-state index contributed by atoms with van der Waals surface area (Å²) >= 11 is 0. The molecule has 0 radical (unpaired) electrons. The average Bonchev–Trinajstić information content (AvgIpc) is 2.86. The summed E-state index contributed by atoms with van der Waals surface area (Å²) in [5, 5.41) is 13.5. The van der Waals surface area contributed by atoms with Gasteiger partial charge < -0.3 is 15.8 Å². The van der Waals surface area contributed by atoms with Crippen LogP contribution >= 0.6 is 0 Å². The van der Waals surface area contributed by atoms with Crippen LogP contribution in [0.5, 0.6) is 0 Å². The molecule has 1 fully saturated rings. The lowest BCUT2D eigenvalue weighted by Crippen LogP contribution is -2.30. The first kappa shape index (κ1) is 13.2. The Morgan fingerprint density at radius 1 is 1.58 bits per heavy atom. The van der Waals surface area contributed by atoms with Gasteiger partial charge in [0.15, 0.2) is 0 Å². The Morgan fingerprint density at radius 3 is 2.89 bits per heavy atom. The van der Waals surface area contributed by atoms with Gasteiger partial charge in [0.1, 0.15) is 18.1 Å². The molecule has 1 aromatic heterocycles. The second-order valence-corrected chi connectivity index (χ2v) is 4.27. The van der Waals surface area contributed by atoms with E-state index in [-0.39, 0.29) is 11.8 Å². The van der Waals surface area contributed by atoms with Gasteiger partial charge >= 0.3 is 0 Å². The number of nitrogens with two attached hydrogens (primary N) is 1. The van der Waals surface area contributed by atoms with Crippen LogP contribution in [0.25, 0.3) is 0 Å². The molecule has 2 unspecified atom stereocenters. The van der Waals surface area contributed by atoms with E-state index in [1.807, 2.05) is 0 Å². The molecule has 2 atom stereocenters. The number of nitrogens with one attached hydrogen (secondary N) is 1. The van der Waals surface area contributed by atoms with Crippen LogP contribution in [0.1, 0.15) is 12.8 Å². The number of carbonyl (C=O) groups is 1. The first-order valence-electron chi connectivity index (χ1n) is 5.85. The monoisotopic (exact) mass is 266 g/mol. The lowest BCUT2D eigenvalue weighted by molar-refractivity contribution is -0.385. The number of pyridine rings is 1. The number of carbonyl (C=O) groups excluding carboxylic acids is 1. The van der Waals surface area contributed by atoms with Crippen LogP contribution in [0, 0.1) is 10.1 Å². The van der Waals surface area contributed by atoms with Crippen LogP contribution in [0.4, 0.5) is 11.5 Å². The minimum Gasteiger partial charge on any atom is -0.367 e. The third-order valence-electron chi connectivity index (χ3n) is 2.89. The van der Waals surface area contributed by atoms with Crippen molar-refractivity contribution in [3.05, 3.63) is 28.4 Å². The number of nitrogens with zero attached hydrogens (tertiary/aromatic N) is 2. The van der Waals surface area contributed by atoms with Crippen molar-refractivity contribution in [2.24, 2.45) is 5.73 Å². The second-order valence-electron chi connectivity index (χ2n) is 4.27. The number of anilines is 1. The zero-order chi connectivity index (χ0) is 13.8. The lowest BCUT2D eigenvalue weighted by atomic mass is 10.2. The van der Waals surface area contributed by atoms with Crippen LogP contribution in [0.15, 0.2) is 18.3 Å². The minimum absolute atomic E-state index is 0.0588. The summed E-state index contributed by atoms with van der Waals surface area (Å²) in [6, 6.07) is 2.90. The second kappa shape index (κ2) is 5.61. The van der Waals surface area contributed by atoms with Gasteiger partial charge in [-0.1, -0.05) is 0 Å². The first-order valence-corrected chi connectivity index (χ1v) is 5.85. The smallest absolute Gasteiger partial charge is 0.287 e. The van der Waals surface area contributed by atoms with Crippen molar-refractivity contribution in [2.75, 3.05) is 11.9 Å². The molecular formula is C11H14N4O4. The first-order chi connectivity index (χ1) is 9.06. The summed E-state index contributed by atoms with van der Waals surface area (Å²) < 4.78 is 5.43. The van der Waals surface area contributed by atoms with Crippen molar-refractivity contribution >= 4 is 17.4 Å². The molecule has 2 heterocycles. The van der Waals surface area contributed by atoms with Gasteiger partial charge in [0.2, 0.25) is 5.91 Å². The fraction of sp³-hybridized carbons (Fsp3) is 0.455. The van der Waals surface area contributed by atoms with E-state index in [9.17, 15) is 14.9 Å². The lowest BCUT2D eigenvalue weighted by Gasteiger charge is -2.12. The number of aromatic nitrogens is 1. The molecule has 19 heavy (non-hydrogen) atoms. The molecule has 3 N–H and O–H groups in total. The van der Waals surface area contributed by atoms with Crippen LogP contribution in [0.3, 0.4) is 0 Å². The molecule has 1 aliphatic heterocycles. The highest BCUT2D eigenvalue weighted by Gasteiger charge is 2.28. The summed E-state index contributed by atoms with van der Waals surface area (Å²) in [6.45, 7) is 0.481. The number of hydrogen-bond donors (Lipinski definition) is 2. The number of ether oxygens (including phenoxy) is 1. The van der Waals surface area contributed by atoms with Crippen molar-refractivity contribution in [3.63, 3.8) is 0 Å². The van der Waals surface area contributed by atoms with Gasteiger partial charge in [-0.2, -0.15) is 0 Å². The quantitative estimate of drug-likeness (QED) is 0.589. The molecule has 0 spiro atoms. The fourth-order valence-corrected chi connectivity index (χ4v) is 1.88. The molecule has 8 nitrogen and oxygen atoms in total. The van der Waals surface area contributed by atoms with Gasteiger partial charge in [-0.25, -0.2) is 4.98 Å². The van der Waals surface area contributed by atoms with E-state index < -0.39 is 16.9 Å². The van der Waals surface area contributed by atoms with Crippen molar-refractivity contribution < 1.29 is 14.5 Å². The maximum atomic E-state index is 10.9. The maximum absolute atomic E-state index is 10.9. The summed E-state index contributed by atoms with van der Waals surface area (Å²) in [4.78, 5) is 24.8. The fourth-order valence-electron chi connectivity index (χ4n) is 1.88. The number of hydrogen-bond acceptors (Lipinski definition) is 6. The van der Waals surface area contributed by atoms with Gasteiger partial charge in [0, 0.05) is 12.6 Å². The van der Waals surface area contributed by atoms with E-state index in [0.29, 0.717) is 18.8 Å². The van der Waals surface area contributed by atoms with E-state index in [1.165, 1.54) is 18.3 Å². The highest BCUT2D eigenvalue weighted by molar-refractivity contribution is 5.79. The van der Waals surface area contributed by atoms with Gasteiger partial charge in [-0.05, 0) is 18.9 Å². The molecule has 1 aromatic rings. The summed E-state index contributed by atoms with van der Waals surface area (Å²) in [6.07, 6.45) is 1.93. The molecule has 1 amide bonds.